The fourth-order valence-electron chi connectivity index (χ4n) is 3.99. The number of fused-ring (bicyclic) bond motifs is 1. The summed E-state index contributed by atoms with van der Waals surface area (Å²) in [5.74, 6) is 2.31. The van der Waals surface area contributed by atoms with Crippen LogP contribution in [0.3, 0.4) is 0 Å². The Morgan fingerprint density at radius 1 is 1.21 bits per heavy atom. The van der Waals surface area contributed by atoms with E-state index in [4.69, 9.17) is 23.4 Å². The van der Waals surface area contributed by atoms with E-state index in [9.17, 15) is 4.79 Å². The van der Waals surface area contributed by atoms with Gasteiger partial charge in [-0.3, -0.25) is 9.69 Å². The van der Waals surface area contributed by atoms with Crippen LogP contribution in [0.2, 0.25) is 0 Å². The molecule has 2 aliphatic heterocycles. The van der Waals surface area contributed by atoms with Crippen LogP contribution in [-0.4, -0.2) is 68.5 Å². The normalized spacial score (nSPS) is 17.9. The van der Waals surface area contributed by atoms with Crippen LogP contribution >= 0.6 is 0 Å². The third-order valence-corrected chi connectivity index (χ3v) is 5.79. The minimum atomic E-state index is -0.345. The number of carbonyl (C=O) groups excluding carboxylic acids is 1. The number of morpholine rings is 1. The number of para-hydroxylation sites is 1. The van der Waals surface area contributed by atoms with Gasteiger partial charge in [-0.25, -0.2) is 4.98 Å². The van der Waals surface area contributed by atoms with Crippen LogP contribution in [0.15, 0.2) is 53.1 Å². The Morgan fingerprint density at radius 3 is 2.91 bits per heavy atom. The van der Waals surface area contributed by atoms with E-state index in [0.717, 1.165) is 43.3 Å². The molecular formula is C25H27N3O6. The van der Waals surface area contributed by atoms with Crippen molar-refractivity contribution in [2.75, 3.05) is 46.6 Å². The Hall–Kier alpha value is -3.56. The maximum Gasteiger partial charge on any atom is 0.254 e. The summed E-state index contributed by atoms with van der Waals surface area (Å²) in [7, 11) is 1.58. The molecule has 34 heavy (non-hydrogen) atoms. The average molecular weight is 466 g/mol. The predicted octanol–water partition coefficient (Wildman–Crippen LogP) is 2.75. The molecular weight excluding hydrogens is 438 g/mol. The first kappa shape index (κ1) is 22.2. The van der Waals surface area contributed by atoms with Gasteiger partial charge in [-0.1, -0.05) is 12.1 Å². The van der Waals surface area contributed by atoms with E-state index in [1.807, 2.05) is 30.3 Å². The van der Waals surface area contributed by atoms with Crippen LogP contribution in [0.5, 0.6) is 17.4 Å². The molecule has 0 radical (unpaired) electrons. The number of hydrogen-bond acceptors (Lipinski definition) is 8. The summed E-state index contributed by atoms with van der Waals surface area (Å²) in [6.07, 6.45) is 1.15. The van der Waals surface area contributed by atoms with Crippen molar-refractivity contribution in [3.63, 3.8) is 0 Å². The molecule has 5 rings (SSSR count). The molecule has 4 heterocycles. The van der Waals surface area contributed by atoms with Crippen LogP contribution < -0.4 is 19.5 Å². The molecule has 1 N–H and O–H groups in total. The highest BCUT2D eigenvalue weighted by atomic mass is 16.6. The zero-order valence-corrected chi connectivity index (χ0v) is 19.0. The van der Waals surface area contributed by atoms with Gasteiger partial charge >= 0.3 is 0 Å². The summed E-state index contributed by atoms with van der Waals surface area (Å²) in [6.45, 7) is 4.44. The zero-order chi connectivity index (χ0) is 23.3. The summed E-state index contributed by atoms with van der Waals surface area (Å²) >= 11 is 0. The molecule has 1 amide bonds. The van der Waals surface area contributed by atoms with Gasteiger partial charge in [0.25, 0.3) is 5.91 Å². The van der Waals surface area contributed by atoms with Crippen LogP contribution in [0.25, 0.3) is 11.3 Å². The molecule has 2 aromatic heterocycles. The second-order valence-electron chi connectivity index (χ2n) is 8.15. The minimum absolute atomic E-state index is 0.214. The highest BCUT2D eigenvalue weighted by molar-refractivity contribution is 5.94. The van der Waals surface area contributed by atoms with E-state index in [1.165, 1.54) is 6.26 Å². The highest BCUT2D eigenvalue weighted by Crippen LogP contribution is 2.40. The molecule has 1 aromatic carbocycles. The van der Waals surface area contributed by atoms with Gasteiger partial charge < -0.3 is 28.7 Å². The molecule has 178 valence electrons. The molecule has 0 aliphatic carbocycles. The highest BCUT2D eigenvalue weighted by Gasteiger charge is 2.25. The lowest BCUT2D eigenvalue weighted by Crippen LogP contribution is -2.40. The maximum absolute atomic E-state index is 12.7. The van der Waals surface area contributed by atoms with Gasteiger partial charge in [0, 0.05) is 24.7 Å². The topological polar surface area (TPSA) is 95.3 Å². The molecule has 3 aromatic rings. The second kappa shape index (κ2) is 10.1. The standard InChI is InChI=1S/C25H27N3O6/c1-30-23-7-3-5-21(27-23)20-4-2-6-22-24(20)34-19(16-33-22)13-26-25(29)17-12-18(32-15-17)14-28-8-10-31-11-9-28/h2-7,12,15,19H,8-11,13-14,16H2,1H3,(H,26,29). The zero-order valence-electron chi connectivity index (χ0n) is 19.0. The molecule has 0 spiro atoms. The van der Waals surface area contributed by atoms with Crippen LogP contribution in [0.4, 0.5) is 0 Å². The molecule has 2 aliphatic rings. The first-order valence-electron chi connectivity index (χ1n) is 11.3. The van der Waals surface area contributed by atoms with Crippen molar-refractivity contribution in [1.82, 2.24) is 15.2 Å². The summed E-state index contributed by atoms with van der Waals surface area (Å²) in [6, 6.07) is 13.0. The SMILES string of the molecule is COc1cccc(-c2cccc3c2OC(CNC(=O)c2coc(CN4CCOCC4)c2)CO3)n1. The van der Waals surface area contributed by atoms with E-state index < -0.39 is 0 Å². The summed E-state index contributed by atoms with van der Waals surface area (Å²) in [5.41, 5.74) is 2.01. The van der Waals surface area contributed by atoms with Crippen LogP contribution in [-0.2, 0) is 11.3 Å². The number of rotatable bonds is 7. The Kier molecular flexibility index (Phi) is 6.64. The van der Waals surface area contributed by atoms with E-state index >= 15 is 0 Å². The largest absolute Gasteiger partial charge is 0.486 e. The van der Waals surface area contributed by atoms with Gasteiger partial charge in [0.1, 0.15) is 24.7 Å². The summed E-state index contributed by atoms with van der Waals surface area (Å²) in [4.78, 5) is 19.4. The minimum Gasteiger partial charge on any atom is -0.486 e. The van der Waals surface area contributed by atoms with E-state index in [-0.39, 0.29) is 12.0 Å². The Balaban J connectivity index is 1.21. The molecule has 1 unspecified atom stereocenters. The maximum atomic E-state index is 12.7. The summed E-state index contributed by atoms with van der Waals surface area (Å²) < 4.78 is 28.3. The van der Waals surface area contributed by atoms with Gasteiger partial charge in [-0.05, 0) is 24.3 Å². The third-order valence-electron chi connectivity index (χ3n) is 5.79. The van der Waals surface area contributed by atoms with Crippen molar-refractivity contribution in [3.8, 4) is 28.6 Å². The number of ether oxygens (including phenoxy) is 4. The van der Waals surface area contributed by atoms with Crippen LogP contribution in [0, 0.1) is 0 Å². The van der Waals surface area contributed by atoms with Crippen molar-refractivity contribution in [2.24, 2.45) is 0 Å². The number of pyridine rings is 1. The Labute approximate surface area is 197 Å². The lowest BCUT2D eigenvalue weighted by atomic mass is 10.1. The number of hydrogen-bond donors (Lipinski definition) is 1. The first-order valence-corrected chi connectivity index (χ1v) is 11.3. The van der Waals surface area contributed by atoms with Crippen molar-refractivity contribution in [3.05, 3.63) is 60.1 Å². The number of carbonyl (C=O) groups is 1. The molecule has 1 atom stereocenters. The number of nitrogens with zero attached hydrogens (tertiary/aromatic N) is 2. The quantitative estimate of drug-likeness (QED) is 0.569. The van der Waals surface area contributed by atoms with Gasteiger partial charge in [0.05, 0.1) is 44.7 Å². The molecule has 9 heteroatoms. The van der Waals surface area contributed by atoms with Gasteiger partial charge in [0.15, 0.2) is 11.5 Å². The predicted molar refractivity (Wildman–Crippen MR) is 123 cm³/mol. The molecule has 0 saturated carbocycles. The lowest BCUT2D eigenvalue weighted by molar-refractivity contribution is 0.0313. The van der Waals surface area contributed by atoms with Crippen molar-refractivity contribution in [1.29, 1.82) is 0 Å². The average Bonchev–Trinajstić information content (AvgIpc) is 3.36. The van der Waals surface area contributed by atoms with Gasteiger partial charge in [-0.2, -0.15) is 0 Å². The van der Waals surface area contributed by atoms with Crippen molar-refractivity contribution in [2.45, 2.75) is 12.6 Å². The number of nitrogens with one attached hydrogen (secondary N) is 1. The monoisotopic (exact) mass is 465 g/mol. The van der Waals surface area contributed by atoms with Gasteiger partial charge in [0.2, 0.25) is 5.88 Å². The number of aromatic nitrogens is 1. The number of methoxy groups -OCH3 is 1. The fourth-order valence-corrected chi connectivity index (χ4v) is 3.99. The smallest absolute Gasteiger partial charge is 0.254 e. The lowest BCUT2D eigenvalue weighted by Gasteiger charge is -2.28. The van der Waals surface area contributed by atoms with E-state index in [0.29, 0.717) is 42.6 Å². The Bertz CT molecular complexity index is 1140. The first-order chi connectivity index (χ1) is 16.7. The number of benzene rings is 1. The fraction of sp³-hybridized carbons (Fsp3) is 0.360. The number of amides is 1. The van der Waals surface area contributed by atoms with E-state index in [2.05, 4.69) is 15.2 Å². The van der Waals surface area contributed by atoms with Crippen LogP contribution in [0.1, 0.15) is 16.1 Å². The number of furan rings is 1. The van der Waals surface area contributed by atoms with E-state index in [1.54, 1.807) is 19.2 Å². The molecule has 1 fully saturated rings. The molecule has 9 nitrogen and oxygen atoms in total. The molecule has 1 saturated heterocycles. The third kappa shape index (κ3) is 5.00. The van der Waals surface area contributed by atoms with Crippen molar-refractivity contribution < 1.29 is 28.2 Å². The van der Waals surface area contributed by atoms with Gasteiger partial charge in [-0.15, -0.1) is 0 Å². The van der Waals surface area contributed by atoms with Crippen molar-refractivity contribution >= 4 is 5.91 Å². The summed E-state index contributed by atoms with van der Waals surface area (Å²) in [5, 5.41) is 2.92. The second-order valence-corrected chi connectivity index (χ2v) is 8.15. The Morgan fingerprint density at radius 2 is 2.06 bits per heavy atom. The molecule has 0 bridgehead atoms.